The minimum absolute atomic E-state index is 0.604. The zero-order chi connectivity index (χ0) is 10.7. The zero-order valence-electron chi connectivity index (χ0n) is 9.44. The molecular formula is C11H19N3O. The summed E-state index contributed by atoms with van der Waals surface area (Å²) in [7, 11) is 0. The predicted octanol–water partition coefficient (Wildman–Crippen LogP) is 1.98. The molecule has 0 saturated heterocycles. The van der Waals surface area contributed by atoms with Gasteiger partial charge in [0.25, 0.3) is 0 Å². The average Bonchev–Trinajstić information content (AvgIpc) is 2.72. The lowest BCUT2D eigenvalue weighted by atomic mass is 9.80. The summed E-state index contributed by atoms with van der Waals surface area (Å²) < 4.78 is 4.70. The van der Waals surface area contributed by atoms with Crippen molar-refractivity contribution in [3.8, 4) is 0 Å². The molecule has 4 nitrogen and oxygen atoms in total. The van der Waals surface area contributed by atoms with Gasteiger partial charge in [-0.1, -0.05) is 25.4 Å². The molecule has 0 aliphatic heterocycles. The third-order valence-corrected chi connectivity index (χ3v) is 3.39. The molecule has 0 spiro atoms. The highest BCUT2D eigenvalue weighted by molar-refractivity contribution is 4.84. The monoisotopic (exact) mass is 209 g/mol. The van der Waals surface area contributed by atoms with Crippen molar-refractivity contribution in [1.29, 1.82) is 0 Å². The van der Waals surface area contributed by atoms with Crippen LogP contribution in [-0.2, 0) is 6.54 Å². The lowest BCUT2D eigenvalue weighted by molar-refractivity contribution is 0.226. The standard InChI is InChI=1S/C11H19N3O/c1-8-3-4-9(2)10(5-8)12-6-11-13-7-15-14-11/h7-10,12H,3-6H2,1-2H3. The summed E-state index contributed by atoms with van der Waals surface area (Å²) in [6.07, 6.45) is 5.33. The molecule has 84 valence electrons. The van der Waals surface area contributed by atoms with E-state index in [4.69, 9.17) is 4.52 Å². The van der Waals surface area contributed by atoms with Crippen LogP contribution in [0.3, 0.4) is 0 Å². The number of hydrogen-bond donors (Lipinski definition) is 1. The van der Waals surface area contributed by atoms with Crippen molar-refractivity contribution in [1.82, 2.24) is 15.5 Å². The van der Waals surface area contributed by atoms with E-state index in [0.717, 1.165) is 24.2 Å². The summed E-state index contributed by atoms with van der Waals surface area (Å²) in [5.41, 5.74) is 0. The second kappa shape index (κ2) is 4.75. The number of nitrogens with zero attached hydrogens (tertiary/aromatic N) is 2. The highest BCUT2D eigenvalue weighted by Crippen LogP contribution is 2.28. The molecule has 2 rings (SSSR count). The van der Waals surface area contributed by atoms with E-state index >= 15 is 0 Å². The average molecular weight is 209 g/mol. The van der Waals surface area contributed by atoms with E-state index in [1.54, 1.807) is 0 Å². The van der Waals surface area contributed by atoms with Crippen molar-refractivity contribution in [3.63, 3.8) is 0 Å². The second-order valence-corrected chi connectivity index (χ2v) is 4.73. The van der Waals surface area contributed by atoms with E-state index in [2.05, 4.69) is 29.3 Å². The van der Waals surface area contributed by atoms with E-state index in [-0.39, 0.29) is 0 Å². The van der Waals surface area contributed by atoms with Crippen molar-refractivity contribution in [2.75, 3.05) is 0 Å². The Labute approximate surface area is 90.4 Å². The molecule has 3 unspecified atom stereocenters. The first-order chi connectivity index (χ1) is 7.25. The Hall–Kier alpha value is -0.900. The van der Waals surface area contributed by atoms with Crippen LogP contribution in [0.2, 0.25) is 0 Å². The molecule has 1 aliphatic carbocycles. The second-order valence-electron chi connectivity index (χ2n) is 4.73. The quantitative estimate of drug-likeness (QED) is 0.827. The van der Waals surface area contributed by atoms with Crippen LogP contribution in [0, 0.1) is 11.8 Å². The van der Waals surface area contributed by atoms with Crippen LogP contribution in [0.25, 0.3) is 0 Å². The van der Waals surface area contributed by atoms with Gasteiger partial charge in [-0.15, -0.1) is 0 Å². The highest BCUT2D eigenvalue weighted by Gasteiger charge is 2.25. The number of hydrogen-bond acceptors (Lipinski definition) is 4. The fraction of sp³-hybridized carbons (Fsp3) is 0.818. The molecule has 1 aliphatic rings. The summed E-state index contributed by atoms with van der Waals surface area (Å²) >= 11 is 0. The van der Waals surface area contributed by atoms with Crippen molar-refractivity contribution in [2.24, 2.45) is 11.8 Å². The summed E-state index contributed by atoms with van der Waals surface area (Å²) in [5, 5.41) is 7.32. The Morgan fingerprint density at radius 1 is 1.47 bits per heavy atom. The molecule has 1 aromatic rings. The van der Waals surface area contributed by atoms with Crippen LogP contribution in [0.15, 0.2) is 10.9 Å². The summed E-state index contributed by atoms with van der Waals surface area (Å²) in [4.78, 5) is 4.00. The smallest absolute Gasteiger partial charge is 0.213 e. The van der Waals surface area contributed by atoms with Crippen molar-refractivity contribution < 1.29 is 4.52 Å². The maximum absolute atomic E-state index is 4.70. The van der Waals surface area contributed by atoms with Crippen molar-refractivity contribution in [3.05, 3.63) is 12.2 Å². The molecule has 4 heteroatoms. The van der Waals surface area contributed by atoms with Gasteiger partial charge in [-0.2, -0.15) is 4.98 Å². The third-order valence-electron chi connectivity index (χ3n) is 3.39. The van der Waals surface area contributed by atoms with Crippen LogP contribution in [0.4, 0.5) is 0 Å². The molecular weight excluding hydrogens is 190 g/mol. The molecule has 0 bridgehead atoms. The molecule has 1 N–H and O–H groups in total. The summed E-state index contributed by atoms with van der Waals surface area (Å²) in [6.45, 7) is 5.37. The van der Waals surface area contributed by atoms with Crippen molar-refractivity contribution in [2.45, 2.75) is 45.7 Å². The molecule has 0 aromatic carbocycles. The van der Waals surface area contributed by atoms with Crippen LogP contribution >= 0.6 is 0 Å². The van der Waals surface area contributed by atoms with E-state index in [9.17, 15) is 0 Å². The Balaban J connectivity index is 1.82. The first-order valence-corrected chi connectivity index (χ1v) is 5.74. The Bertz CT molecular complexity index is 286. The highest BCUT2D eigenvalue weighted by atomic mass is 16.5. The first-order valence-electron chi connectivity index (χ1n) is 5.74. The SMILES string of the molecule is CC1CCC(C)C(NCc2ncon2)C1. The molecule has 0 amide bonds. The van der Waals surface area contributed by atoms with Gasteiger partial charge in [0.1, 0.15) is 0 Å². The van der Waals surface area contributed by atoms with Gasteiger partial charge in [-0.3, -0.25) is 0 Å². The maximum atomic E-state index is 4.70. The third kappa shape index (κ3) is 2.78. The lowest BCUT2D eigenvalue weighted by Crippen LogP contribution is -2.39. The maximum Gasteiger partial charge on any atom is 0.213 e. The normalized spacial score (nSPS) is 31.7. The largest absolute Gasteiger partial charge is 0.343 e. The molecule has 15 heavy (non-hydrogen) atoms. The van der Waals surface area contributed by atoms with Gasteiger partial charge in [-0.25, -0.2) is 0 Å². The fourth-order valence-corrected chi connectivity index (χ4v) is 2.31. The van der Waals surface area contributed by atoms with E-state index < -0.39 is 0 Å². The van der Waals surface area contributed by atoms with E-state index in [1.807, 2.05) is 0 Å². The van der Waals surface area contributed by atoms with Gasteiger partial charge in [0, 0.05) is 6.04 Å². The first kappa shape index (κ1) is 10.6. The van der Waals surface area contributed by atoms with Gasteiger partial charge < -0.3 is 9.84 Å². The minimum Gasteiger partial charge on any atom is -0.343 e. The minimum atomic E-state index is 0.604. The van der Waals surface area contributed by atoms with Gasteiger partial charge in [0.05, 0.1) is 6.54 Å². The summed E-state index contributed by atoms with van der Waals surface area (Å²) in [5.74, 6) is 2.34. The van der Waals surface area contributed by atoms with Gasteiger partial charge >= 0.3 is 0 Å². The Kier molecular flexibility index (Phi) is 3.36. The van der Waals surface area contributed by atoms with Gasteiger partial charge in [0.15, 0.2) is 5.82 Å². The number of nitrogens with one attached hydrogen (secondary N) is 1. The molecule has 1 saturated carbocycles. The molecule has 3 atom stereocenters. The van der Waals surface area contributed by atoms with Crippen LogP contribution in [-0.4, -0.2) is 16.2 Å². The molecule has 1 heterocycles. The molecule has 1 fully saturated rings. The van der Waals surface area contributed by atoms with Gasteiger partial charge in [0.2, 0.25) is 6.39 Å². The Morgan fingerprint density at radius 2 is 2.33 bits per heavy atom. The van der Waals surface area contributed by atoms with Crippen molar-refractivity contribution >= 4 is 0 Å². The topological polar surface area (TPSA) is 51.0 Å². The lowest BCUT2D eigenvalue weighted by Gasteiger charge is -2.33. The fourth-order valence-electron chi connectivity index (χ4n) is 2.31. The Morgan fingerprint density at radius 3 is 3.07 bits per heavy atom. The summed E-state index contributed by atoms with van der Waals surface area (Å²) in [6, 6.07) is 0.604. The van der Waals surface area contributed by atoms with E-state index in [0.29, 0.717) is 6.04 Å². The molecule has 1 aromatic heterocycles. The van der Waals surface area contributed by atoms with Crippen LogP contribution in [0.5, 0.6) is 0 Å². The predicted molar refractivity (Wildman–Crippen MR) is 57.1 cm³/mol. The number of rotatable bonds is 3. The zero-order valence-corrected chi connectivity index (χ0v) is 9.44. The molecule has 0 radical (unpaired) electrons. The van der Waals surface area contributed by atoms with Crippen LogP contribution in [0.1, 0.15) is 38.9 Å². The van der Waals surface area contributed by atoms with E-state index in [1.165, 1.54) is 25.7 Å². The van der Waals surface area contributed by atoms with Crippen LogP contribution < -0.4 is 5.32 Å². The number of aromatic nitrogens is 2. The van der Waals surface area contributed by atoms with Gasteiger partial charge in [-0.05, 0) is 24.7 Å².